The number of carbonyl (C=O) groups is 1. The van der Waals surface area contributed by atoms with E-state index in [-0.39, 0.29) is 24.0 Å². The number of nitrogens with zero attached hydrogens (tertiary/aromatic N) is 1. The molecule has 140 valence electrons. The minimum absolute atomic E-state index is 0.0359. The van der Waals surface area contributed by atoms with Gasteiger partial charge in [0.1, 0.15) is 0 Å². The molecule has 26 heavy (non-hydrogen) atoms. The normalized spacial score (nSPS) is 10.7. The Hall–Kier alpha value is -2.83. The van der Waals surface area contributed by atoms with Crippen molar-refractivity contribution in [3.05, 3.63) is 53.1 Å². The first-order chi connectivity index (χ1) is 12.3. The number of nitrogen functional groups attached to an aromatic ring is 1. The molecule has 0 aliphatic rings. The Morgan fingerprint density at radius 2 is 1.92 bits per heavy atom. The summed E-state index contributed by atoms with van der Waals surface area (Å²) in [5.74, 6) is -0.00166. The number of nitrogens with two attached hydrogens (primary N) is 1. The van der Waals surface area contributed by atoms with Gasteiger partial charge in [-0.1, -0.05) is 12.1 Å². The molecular weight excluding hydrogens is 342 g/mol. The number of hydrogen-bond donors (Lipinski definition) is 1. The van der Waals surface area contributed by atoms with Crippen LogP contribution in [0.3, 0.4) is 0 Å². The maximum Gasteiger partial charge on any atom is 0.387 e. The standard InChI is InChI=1S/C19H22F2N2O3/c1-4-25-17-9-13(6-8-16(17)26-19(20)21)11-23(3)18(24)15-10-14(22)7-5-12(15)2/h5-10,19H,4,11,22H2,1-3H3. The molecule has 2 aromatic carbocycles. The van der Waals surface area contributed by atoms with Crippen LogP contribution in [0.25, 0.3) is 0 Å². The van der Waals surface area contributed by atoms with Gasteiger partial charge in [-0.05, 0) is 49.2 Å². The molecule has 1 amide bonds. The zero-order chi connectivity index (χ0) is 19.3. The highest BCUT2D eigenvalue weighted by molar-refractivity contribution is 5.96. The van der Waals surface area contributed by atoms with Crippen LogP contribution in [0.4, 0.5) is 14.5 Å². The van der Waals surface area contributed by atoms with Crippen molar-refractivity contribution in [2.75, 3.05) is 19.4 Å². The summed E-state index contributed by atoms with van der Waals surface area (Å²) >= 11 is 0. The highest BCUT2D eigenvalue weighted by Gasteiger charge is 2.17. The molecule has 2 aromatic rings. The molecule has 0 spiro atoms. The summed E-state index contributed by atoms with van der Waals surface area (Å²) in [6, 6.07) is 9.80. The average molecular weight is 364 g/mol. The predicted molar refractivity (Wildman–Crippen MR) is 95.6 cm³/mol. The lowest BCUT2D eigenvalue weighted by Gasteiger charge is -2.20. The van der Waals surface area contributed by atoms with Crippen molar-refractivity contribution in [1.29, 1.82) is 0 Å². The first-order valence-electron chi connectivity index (χ1n) is 8.14. The third-order valence-corrected chi connectivity index (χ3v) is 3.78. The topological polar surface area (TPSA) is 64.8 Å². The molecule has 0 atom stereocenters. The van der Waals surface area contributed by atoms with Crippen molar-refractivity contribution in [1.82, 2.24) is 4.90 Å². The Bertz CT molecular complexity index is 781. The molecule has 0 aromatic heterocycles. The molecule has 0 bridgehead atoms. The van der Waals surface area contributed by atoms with E-state index >= 15 is 0 Å². The molecule has 0 heterocycles. The Morgan fingerprint density at radius 1 is 1.19 bits per heavy atom. The Labute approximate surface area is 151 Å². The lowest BCUT2D eigenvalue weighted by atomic mass is 10.1. The fraction of sp³-hybridized carbons (Fsp3) is 0.316. The van der Waals surface area contributed by atoms with E-state index in [1.165, 1.54) is 11.0 Å². The van der Waals surface area contributed by atoms with E-state index in [0.717, 1.165) is 11.1 Å². The van der Waals surface area contributed by atoms with Crippen LogP contribution in [0.15, 0.2) is 36.4 Å². The van der Waals surface area contributed by atoms with Crippen LogP contribution in [-0.2, 0) is 6.54 Å². The highest BCUT2D eigenvalue weighted by atomic mass is 19.3. The summed E-state index contributed by atoms with van der Waals surface area (Å²) in [6.45, 7) is 1.24. The third-order valence-electron chi connectivity index (χ3n) is 3.78. The summed E-state index contributed by atoms with van der Waals surface area (Å²) in [4.78, 5) is 14.2. The number of anilines is 1. The number of carbonyl (C=O) groups excluding carboxylic acids is 1. The van der Waals surface area contributed by atoms with Crippen LogP contribution in [0.5, 0.6) is 11.5 Å². The maximum atomic E-state index is 12.7. The van der Waals surface area contributed by atoms with Gasteiger partial charge < -0.3 is 20.1 Å². The summed E-state index contributed by atoms with van der Waals surface area (Å²) < 4.78 is 34.8. The smallest absolute Gasteiger partial charge is 0.387 e. The average Bonchev–Trinajstić information content (AvgIpc) is 2.58. The minimum Gasteiger partial charge on any atom is -0.490 e. The second-order valence-electron chi connectivity index (χ2n) is 5.83. The van der Waals surface area contributed by atoms with Crippen LogP contribution in [-0.4, -0.2) is 31.1 Å². The van der Waals surface area contributed by atoms with Gasteiger partial charge in [-0.2, -0.15) is 8.78 Å². The summed E-state index contributed by atoms with van der Waals surface area (Å²) in [5, 5.41) is 0. The number of alkyl halides is 2. The largest absolute Gasteiger partial charge is 0.490 e. The lowest BCUT2D eigenvalue weighted by Crippen LogP contribution is -2.27. The van der Waals surface area contributed by atoms with E-state index in [9.17, 15) is 13.6 Å². The quantitative estimate of drug-likeness (QED) is 0.758. The van der Waals surface area contributed by atoms with Gasteiger partial charge in [0, 0.05) is 24.8 Å². The van der Waals surface area contributed by atoms with E-state index < -0.39 is 6.61 Å². The molecule has 0 saturated heterocycles. The summed E-state index contributed by atoms with van der Waals surface area (Å²) in [7, 11) is 1.66. The lowest BCUT2D eigenvalue weighted by molar-refractivity contribution is -0.0514. The van der Waals surface area contributed by atoms with Gasteiger partial charge in [0.05, 0.1) is 6.61 Å². The highest BCUT2D eigenvalue weighted by Crippen LogP contribution is 2.30. The molecule has 0 radical (unpaired) electrons. The molecule has 0 aliphatic carbocycles. The fourth-order valence-corrected chi connectivity index (χ4v) is 2.53. The van der Waals surface area contributed by atoms with Gasteiger partial charge in [-0.25, -0.2) is 0 Å². The summed E-state index contributed by atoms with van der Waals surface area (Å²) in [5.41, 5.74) is 8.36. The van der Waals surface area contributed by atoms with E-state index in [2.05, 4.69) is 4.74 Å². The molecule has 0 aliphatic heterocycles. The van der Waals surface area contributed by atoms with Crippen LogP contribution in [0.2, 0.25) is 0 Å². The molecule has 7 heteroatoms. The van der Waals surface area contributed by atoms with Gasteiger partial charge >= 0.3 is 6.61 Å². The number of halogens is 2. The van der Waals surface area contributed by atoms with Gasteiger partial charge in [0.25, 0.3) is 5.91 Å². The number of amides is 1. The Balaban J connectivity index is 2.19. The number of hydrogen-bond acceptors (Lipinski definition) is 4. The first kappa shape index (κ1) is 19.5. The monoisotopic (exact) mass is 364 g/mol. The predicted octanol–water partition coefficient (Wildman–Crippen LogP) is 3.85. The molecule has 2 N–H and O–H groups in total. The van der Waals surface area contributed by atoms with E-state index in [1.54, 1.807) is 44.3 Å². The second kappa shape index (κ2) is 8.51. The zero-order valence-corrected chi connectivity index (χ0v) is 15.0. The van der Waals surface area contributed by atoms with Crippen molar-refractivity contribution in [3.8, 4) is 11.5 Å². The van der Waals surface area contributed by atoms with Crippen molar-refractivity contribution in [2.24, 2.45) is 0 Å². The van der Waals surface area contributed by atoms with Crippen LogP contribution < -0.4 is 15.2 Å². The third kappa shape index (κ3) is 4.84. The van der Waals surface area contributed by atoms with Crippen molar-refractivity contribution in [3.63, 3.8) is 0 Å². The number of aryl methyl sites for hydroxylation is 1. The van der Waals surface area contributed by atoms with Gasteiger partial charge in [0.15, 0.2) is 11.5 Å². The van der Waals surface area contributed by atoms with Gasteiger partial charge in [-0.3, -0.25) is 4.79 Å². The summed E-state index contributed by atoms with van der Waals surface area (Å²) in [6.07, 6.45) is 0. The van der Waals surface area contributed by atoms with Gasteiger partial charge in [-0.15, -0.1) is 0 Å². The molecular formula is C19H22F2N2O3. The Kier molecular flexibility index (Phi) is 6.38. The van der Waals surface area contributed by atoms with Crippen molar-refractivity contribution >= 4 is 11.6 Å². The van der Waals surface area contributed by atoms with Gasteiger partial charge in [0.2, 0.25) is 0 Å². The van der Waals surface area contributed by atoms with Crippen molar-refractivity contribution in [2.45, 2.75) is 27.0 Å². The molecule has 0 fully saturated rings. The minimum atomic E-state index is -2.93. The number of ether oxygens (including phenoxy) is 2. The first-order valence-corrected chi connectivity index (χ1v) is 8.14. The van der Waals surface area contributed by atoms with E-state index in [4.69, 9.17) is 10.5 Å². The van der Waals surface area contributed by atoms with Crippen LogP contribution >= 0.6 is 0 Å². The van der Waals surface area contributed by atoms with Crippen LogP contribution in [0.1, 0.15) is 28.4 Å². The van der Waals surface area contributed by atoms with Crippen LogP contribution in [0, 0.1) is 6.92 Å². The zero-order valence-electron chi connectivity index (χ0n) is 15.0. The number of benzene rings is 2. The molecule has 0 unspecified atom stereocenters. The molecule has 0 saturated carbocycles. The van der Waals surface area contributed by atoms with Crippen molar-refractivity contribution < 1.29 is 23.0 Å². The molecule has 2 rings (SSSR count). The van der Waals surface area contributed by atoms with E-state index in [1.807, 2.05) is 6.92 Å². The SMILES string of the molecule is CCOc1cc(CN(C)C(=O)c2cc(N)ccc2C)ccc1OC(F)F. The second-order valence-corrected chi connectivity index (χ2v) is 5.83. The number of rotatable bonds is 7. The Morgan fingerprint density at radius 3 is 2.58 bits per heavy atom. The fourth-order valence-electron chi connectivity index (χ4n) is 2.53. The molecule has 5 nitrogen and oxygen atoms in total. The van der Waals surface area contributed by atoms with E-state index in [0.29, 0.717) is 17.9 Å². The maximum absolute atomic E-state index is 12.7.